The SMILES string of the molecule is COc1cc(/C=C(\C#N)C(=O)NCc2ccccc2)ccc1OS(=O)(=O)c1ccccc1. The largest absolute Gasteiger partial charge is 0.493 e. The van der Waals surface area contributed by atoms with Crippen molar-refractivity contribution in [1.29, 1.82) is 5.26 Å². The maximum Gasteiger partial charge on any atom is 0.339 e. The van der Waals surface area contributed by atoms with Crippen LogP contribution in [0.1, 0.15) is 11.1 Å². The summed E-state index contributed by atoms with van der Waals surface area (Å²) in [5.74, 6) is -0.400. The third kappa shape index (κ3) is 5.74. The third-order valence-electron chi connectivity index (χ3n) is 4.39. The molecule has 0 aliphatic rings. The van der Waals surface area contributed by atoms with Crippen molar-refractivity contribution < 1.29 is 22.1 Å². The molecule has 162 valence electrons. The van der Waals surface area contributed by atoms with Crippen molar-refractivity contribution in [2.45, 2.75) is 11.4 Å². The van der Waals surface area contributed by atoms with Gasteiger partial charge in [0.15, 0.2) is 11.5 Å². The summed E-state index contributed by atoms with van der Waals surface area (Å²) >= 11 is 0. The minimum Gasteiger partial charge on any atom is -0.493 e. The first-order chi connectivity index (χ1) is 15.4. The fraction of sp³-hybridized carbons (Fsp3) is 0.0833. The van der Waals surface area contributed by atoms with E-state index in [1.165, 1.54) is 43.5 Å². The summed E-state index contributed by atoms with van der Waals surface area (Å²) < 4.78 is 35.4. The first-order valence-corrected chi connectivity index (χ1v) is 11.0. The number of nitriles is 1. The summed E-state index contributed by atoms with van der Waals surface area (Å²) in [4.78, 5) is 12.4. The molecule has 0 radical (unpaired) electrons. The zero-order valence-electron chi connectivity index (χ0n) is 17.2. The summed E-state index contributed by atoms with van der Waals surface area (Å²) in [6, 6.07) is 23.3. The Morgan fingerprint density at radius 1 is 1.00 bits per heavy atom. The molecule has 0 unspecified atom stereocenters. The minimum atomic E-state index is -4.05. The van der Waals surface area contributed by atoms with Crippen LogP contribution in [0.5, 0.6) is 11.5 Å². The van der Waals surface area contributed by atoms with Crippen LogP contribution in [0.15, 0.2) is 89.3 Å². The number of hydrogen-bond acceptors (Lipinski definition) is 6. The molecule has 0 spiro atoms. The Morgan fingerprint density at radius 2 is 1.66 bits per heavy atom. The summed E-state index contributed by atoms with van der Waals surface area (Å²) in [5, 5.41) is 12.1. The van der Waals surface area contributed by atoms with Crippen molar-refractivity contribution in [1.82, 2.24) is 5.32 Å². The highest BCUT2D eigenvalue weighted by Gasteiger charge is 2.19. The number of methoxy groups -OCH3 is 1. The van der Waals surface area contributed by atoms with Gasteiger partial charge in [-0.1, -0.05) is 54.6 Å². The molecule has 1 N–H and O–H groups in total. The quantitative estimate of drug-likeness (QED) is 0.320. The molecule has 0 atom stereocenters. The van der Waals surface area contributed by atoms with E-state index >= 15 is 0 Å². The Hall–Kier alpha value is -4.09. The molecule has 1 amide bonds. The normalized spacial score (nSPS) is 11.3. The number of hydrogen-bond donors (Lipinski definition) is 1. The van der Waals surface area contributed by atoms with Gasteiger partial charge in [0.25, 0.3) is 5.91 Å². The summed E-state index contributed by atoms with van der Waals surface area (Å²) in [6.45, 7) is 0.284. The standard InChI is InChI=1S/C24H20N2O5S/c1-30-23-15-19(12-13-22(23)31-32(28,29)21-10-6-3-7-11-21)14-20(16-25)24(27)26-17-18-8-4-2-5-9-18/h2-15H,17H2,1H3,(H,26,27)/b20-14+. The lowest BCUT2D eigenvalue weighted by atomic mass is 10.1. The fourth-order valence-corrected chi connectivity index (χ4v) is 3.75. The molecular formula is C24H20N2O5S. The van der Waals surface area contributed by atoms with Crippen LogP contribution in [0.4, 0.5) is 0 Å². The highest BCUT2D eigenvalue weighted by molar-refractivity contribution is 7.87. The maximum atomic E-state index is 12.5. The van der Waals surface area contributed by atoms with Crippen LogP contribution in [0.2, 0.25) is 0 Å². The van der Waals surface area contributed by atoms with Crippen LogP contribution >= 0.6 is 0 Å². The molecule has 32 heavy (non-hydrogen) atoms. The van der Waals surface area contributed by atoms with Crippen molar-refractivity contribution >= 4 is 22.1 Å². The molecule has 3 rings (SSSR count). The van der Waals surface area contributed by atoms with E-state index in [-0.39, 0.29) is 28.5 Å². The van der Waals surface area contributed by atoms with Gasteiger partial charge in [0, 0.05) is 6.54 Å². The molecule has 0 fully saturated rings. The molecular weight excluding hydrogens is 428 g/mol. The van der Waals surface area contributed by atoms with Gasteiger partial charge in [-0.05, 0) is 41.5 Å². The zero-order valence-corrected chi connectivity index (χ0v) is 18.0. The number of nitrogens with one attached hydrogen (secondary N) is 1. The predicted octanol–water partition coefficient (Wildman–Crippen LogP) is 3.69. The molecule has 0 aliphatic carbocycles. The van der Waals surface area contributed by atoms with Gasteiger partial charge in [0.2, 0.25) is 0 Å². The highest BCUT2D eigenvalue weighted by atomic mass is 32.2. The molecule has 8 heteroatoms. The average Bonchev–Trinajstić information content (AvgIpc) is 2.82. The van der Waals surface area contributed by atoms with Crippen LogP contribution in [-0.2, 0) is 21.5 Å². The van der Waals surface area contributed by atoms with E-state index in [0.29, 0.717) is 5.56 Å². The Morgan fingerprint density at radius 3 is 2.28 bits per heavy atom. The fourth-order valence-electron chi connectivity index (χ4n) is 2.78. The first-order valence-electron chi connectivity index (χ1n) is 9.54. The van der Waals surface area contributed by atoms with Crippen molar-refractivity contribution in [3.8, 4) is 17.6 Å². The third-order valence-corrected chi connectivity index (χ3v) is 5.64. The summed E-state index contributed by atoms with van der Waals surface area (Å²) in [5.41, 5.74) is 1.27. The van der Waals surface area contributed by atoms with E-state index in [0.717, 1.165) is 5.56 Å². The Labute approximate surface area is 186 Å². The second-order valence-electron chi connectivity index (χ2n) is 6.60. The Balaban J connectivity index is 1.78. The average molecular weight is 449 g/mol. The second kappa shape index (κ2) is 10.3. The molecule has 0 saturated heterocycles. The lowest BCUT2D eigenvalue weighted by Gasteiger charge is -2.11. The first kappa shape index (κ1) is 22.6. The van der Waals surface area contributed by atoms with Gasteiger partial charge in [-0.3, -0.25) is 4.79 Å². The van der Waals surface area contributed by atoms with E-state index in [4.69, 9.17) is 8.92 Å². The molecule has 3 aromatic rings. The number of benzene rings is 3. The van der Waals surface area contributed by atoms with E-state index in [1.54, 1.807) is 18.2 Å². The van der Waals surface area contributed by atoms with Gasteiger partial charge < -0.3 is 14.2 Å². The number of ether oxygens (including phenoxy) is 1. The molecule has 0 aromatic heterocycles. The van der Waals surface area contributed by atoms with Crippen molar-refractivity contribution in [3.05, 3.63) is 95.6 Å². The van der Waals surface area contributed by atoms with Crippen LogP contribution in [0.25, 0.3) is 6.08 Å². The lowest BCUT2D eigenvalue weighted by molar-refractivity contribution is -0.117. The van der Waals surface area contributed by atoms with Gasteiger partial charge in [-0.15, -0.1) is 0 Å². The van der Waals surface area contributed by atoms with Crippen LogP contribution in [0, 0.1) is 11.3 Å². The lowest BCUT2D eigenvalue weighted by Crippen LogP contribution is -2.23. The van der Waals surface area contributed by atoms with Crippen LogP contribution in [-0.4, -0.2) is 21.4 Å². The van der Waals surface area contributed by atoms with Crippen molar-refractivity contribution in [3.63, 3.8) is 0 Å². The molecule has 0 aliphatic heterocycles. The molecule has 0 heterocycles. The topological polar surface area (TPSA) is 105 Å². The molecule has 0 bridgehead atoms. The van der Waals surface area contributed by atoms with Crippen LogP contribution < -0.4 is 14.2 Å². The number of carbonyl (C=O) groups is 1. The predicted molar refractivity (Wildman–Crippen MR) is 119 cm³/mol. The summed E-state index contributed by atoms with van der Waals surface area (Å²) in [7, 11) is -2.68. The number of nitrogens with zero attached hydrogens (tertiary/aromatic N) is 1. The minimum absolute atomic E-state index is 0.00730. The van der Waals surface area contributed by atoms with E-state index < -0.39 is 16.0 Å². The van der Waals surface area contributed by atoms with Gasteiger partial charge in [-0.2, -0.15) is 13.7 Å². The summed E-state index contributed by atoms with van der Waals surface area (Å²) in [6.07, 6.45) is 1.39. The van der Waals surface area contributed by atoms with Gasteiger partial charge in [-0.25, -0.2) is 0 Å². The number of amides is 1. The molecule has 0 saturated carbocycles. The Kier molecular flexibility index (Phi) is 7.26. The molecule has 7 nitrogen and oxygen atoms in total. The number of carbonyl (C=O) groups excluding carboxylic acids is 1. The van der Waals surface area contributed by atoms with Crippen molar-refractivity contribution in [2.24, 2.45) is 0 Å². The second-order valence-corrected chi connectivity index (χ2v) is 8.15. The Bertz CT molecular complexity index is 1260. The highest BCUT2D eigenvalue weighted by Crippen LogP contribution is 2.31. The monoisotopic (exact) mass is 448 g/mol. The van der Waals surface area contributed by atoms with E-state index in [2.05, 4.69) is 5.32 Å². The van der Waals surface area contributed by atoms with Gasteiger partial charge >= 0.3 is 10.1 Å². The van der Waals surface area contributed by atoms with E-state index in [9.17, 15) is 18.5 Å². The maximum absolute atomic E-state index is 12.5. The zero-order chi connectivity index (χ0) is 23.0. The van der Waals surface area contributed by atoms with E-state index in [1.807, 2.05) is 36.4 Å². The van der Waals surface area contributed by atoms with Crippen molar-refractivity contribution in [2.75, 3.05) is 7.11 Å². The van der Waals surface area contributed by atoms with Gasteiger partial charge in [0.1, 0.15) is 16.5 Å². The number of rotatable bonds is 8. The van der Waals surface area contributed by atoms with Gasteiger partial charge in [0.05, 0.1) is 7.11 Å². The smallest absolute Gasteiger partial charge is 0.339 e. The molecule has 3 aromatic carbocycles. The van der Waals surface area contributed by atoms with Crippen LogP contribution in [0.3, 0.4) is 0 Å².